The Hall–Kier alpha value is -1.76. The predicted molar refractivity (Wildman–Crippen MR) is 81.4 cm³/mol. The lowest BCUT2D eigenvalue weighted by atomic mass is 10.1. The van der Waals surface area contributed by atoms with Gasteiger partial charge in [0.05, 0.1) is 23.5 Å². The maximum absolute atomic E-state index is 12.6. The normalized spacial score (nSPS) is 11.1. The fraction of sp³-hybridized carbons (Fsp3) is 0.357. The summed E-state index contributed by atoms with van der Waals surface area (Å²) < 4.78 is 1.63. The Balaban J connectivity index is 2.31. The van der Waals surface area contributed by atoms with Gasteiger partial charge < -0.3 is 10.6 Å². The summed E-state index contributed by atoms with van der Waals surface area (Å²) >= 11 is 6.12. The van der Waals surface area contributed by atoms with Crippen LogP contribution in [0.1, 0.15) is 21.7 Å². The second kappa shape index (κ2) is 6.80. The fourth-order valence-electron chi connectivity index (χ4n) is 1.92. The highest BCUT2D eigenvalue weighted by molar-refractivity contribution is 6.34. The first-order valence-electron chi connectivity index (χ1n) is 6.58. The van der Waals surface area contributed by atoms with Crippen LogP contribution < -0.4 is 5.73 Å². The fourth-order valence-corrected chi connectivity index (χ4v) is 2.15. The number of nitrogens with two attached hydrogens (primary N) is 1. The lowest BCUT2D eigenvalue weighted by Crippen LogP contribution is -2.22. The van der Waals surface area contributed by atoms with Gasteiger partial charge >= 0.3 is 0 Å². The van der Waals surface area contributed by atoms with Crippen molar-refractivity contribution in [3.63, 3.8) is 0 Å². The van der Waals surface area contributed by atoms with Crippen molar-refractivity contribution < 1.29 is 4.79 Å². The van der Waals surface area contributed by atoms with E-state index in [9.17, 15) is 4.79 Å². The highest BCUT2D eigenvalue weighted by atomic mass is 35.5. The predicted octanol–water partition coefficient (Wildman–Crippen LogP) is 1.18. The zero-order chi connectivity index (χ0) is 15.4. The Morgan fingerprint density at radius 2 is 2.24 bits per heavy atom. The van der Waals surface area contributed by atoms with Crippen LogP contribution in [0, 0.1) is 0 Å². The number of aromatic nitrogens is 3. The first-order valence-corrected chi connectivity index (χ1v) is 6.96. The van der Waals surface area contributed by atoms with Gasteiger partial charge in [-0.2, -0.15) is 5.10 Å². The largest absolute Gasteiger partial charge is 0.325 e. The Bertz CT molecular complexity index is 638. The number of halogens is 1. The summed E-state index contributed by atoms with van der Waals surface area (Å²) in [6.07, 6.45) is 3.07. The van der Waals surface area contributed by atoms with Crippen LogP contribution in [0.4, 0.5) is 0 Å². The number of hydrogen-bond acceptors (Lipinski definition) is 5. The van der Waals surface area contributed by atoms with Gasteiger partial charge in [0, 0.05) is 24.8 Å². The number of pyridine rings is 1. The maximum atomic E-state index is 12.6. The van der Waals surface area contributed by atoms with E-state index in [0.717, 1.165) is 6.54 Å². The molecule has 2 heterocycles. The summed E-state index contributed by atoms with van der Waals surface area (Å²) in [6.45, 7) is 1.65. The van der Waals surface area contributed by atoms with E-state index in [4.69, 9.17) is 17.3 Å². The molecule has 2 aromatic rings. The van der Waals surface area contributed by atoms with Gasteiger partial charge in [-0.15, -0.1) is 0 Å². The summed E-state index contributed by atoms with van der Waals surface area (Å²) in [5.41, 5.74) is 7.13. The summed E-state index contributed by atoms with van der Waals surface area (Å²) in [5, 5.41) is 4.53. The number of carbonyl (C=O) groups is 1. The summed E-state index contributed by atoms with van der Waals surface area (Å²) in [5.74, 6) is -0.173. The third kappa shape index (κ3) is 3.66. The molecule has 0 aliphatic heterocycles. The Morgan fingerprint density at radius 3 is 2.90 bits per heavy atom. The standard InChI is InChI=1S/C14H18ClN5O/c1-19(2)5-6-20-13(12(15)9-18-20)14(21)10-3-4-17-11(7-10)8-16/h3-4,7,9H,5-6,8,16H2,1-2H3. The van der Waals surface area contributed by atoms with E-state index in [0.29, 0.717) is 28.5 Å². The number of likely N-dealkylation sites (N-methyl/N-ethyl adjacent to an activating group) is 1. The zero-order valence-corrected chi connectivity index (χ0v) is 12.8. The average Bonchev–Trinajstić information content (AvgIpc) is 2.85. The van der Waals surface area contributed by atoms with Gasteiger partial charge in [0.1, 0.15) is 5.69 Å². The third-order valence-corrected chi connectivity index (χ3v) is 3.33. The SMILES string of the molecule is CN(C)CCn1ncc(Cl)c1C(=O)c1ccnc(CN)c1. The molecule has 0 saturated heterocycles. The second-order valence-electron chi connectivity index (χ2n) is 4.94. The molecule has 0 saturated carbocycles. The second-order valence-corrected chi connectivity index (χ2v) is 5.34. The van der Waals surface area contributed by atoms with Crippen molar-refractivity contribution in [2.24, 2.45) is 5.73 Å². The van der Waals surface area contributed by atoms with Gasteiger partial charge in [-0.3, -0.25) is 14.5 Å². The molecule has 0 aliphatic rings. The van der Waals surface area contributed by atoms with Crippen molar-refractivity contribution >= 4 is 17.4 Å². The molecule has 0 unspecified atom stereocenters. The lowest BCUT2D eigenvalue weighted by molar-refractivity contribution is 0.102. The number of ketones is 1. The van der Waals surface area contributed by atoms with E-state index in [1.807, 2.05) is 19.0 Å². The molecular formula is C14H18ClN5O. The van der Waals surface area contributed by atoms with Crippen LogP contribution in [-0.4, -0.2) is 46.1 Å². The molecule has 0 radical (unpaired) electrons. The Kier molecular flexibility index (Phi) is 5.06. The minimum atomic E-state index is -0.173. The summed E-state index contributed by atoms with van der Waals surface area (Å²) in [7, 11) is 3.92. The molecule has 7 heteroatoms. The van der Waals surface area contributed by atoms with Crippen LogP contribution in [0.3, 0.4) is 0 Å². The molecule has 2 rings (SSSR count). The molecule has 112 valence electrons. The van der Waals surface area contributed by atoms with Crippen LogP contribution in [-0.2, 0) is 13.1 Å². The van der Waals surface area contributed by atoms with E-state index in [1.54, 1.807) is 23.0 Å². The Morgan fingerprint density at radius 1 is 1.48 bits per heavy atom. The smallest absolute Gasteiger partial charge is 0.212 e. The summed E-state index contributed by atoms with van der Waals surface area (Å²) in [4.78, 5) is 18.7. The van der Waals surface area contributed by atoms with E-state index < -0.39 is 0 Å². The van der Waals surface area contributed by atoms with Crippen molar-refractivity contribution in [3.05, 3.63) is 46.5 Å². The third-order valence-electron chi connectivity index (χ3n) is 3.06. The molecule has 0 aliphatic carbocycles. The van der Waals surface area contributed by atoms with Crippen molar-refractivity contribution in [2.45, 2.75) is 13.1 Å². The van der Waals surface area contributed by atoms with Crippen LogP contribution in [0.25, 0.3) is 0 Å². The van der Waals surface area contributed by atoms with E-state index in [-0.39, 0.29) is 12.3 Å². The average molecular weight is 308 g/mol. The van der Waals surface area contributed by atoms with Crippen LogP contribution in [0.2, 0.25) is 5.02 Å². The van der Waals surface area contributed by atoms with E-state index in [2.05, 4.69) is 10.1 Å². The summed E-state index contributed by atoms with van der Waals surface area (Å²) in [6, 6.07) is 3.34. The molecule has 2 aromatic heterocycles. The van der Waals surface area contributed by atoms with Crippen molar-refractivity contribution in [1.29, 1.82) is 0 Å². The lowest BCUT2D eigenvalue weighted by Gasteiger charge is -2.12. The zero-order valence-electron chi connectivity index (χ0n) is 12.1. The van der Waals surface area contributed by atoms with Gasteiger partial charge in [0.25, 0.3) is 0 Å². The molecule has 0 atom stereocenters. The van der Waals surface area contributed by atoms with Gasteiger partial charge in [-0.05, 0) is 26.2 Å². The minimum Gasteiger partial charge on any atom is -0.325 e. The van der Waals surface area contributed by atoms with Gasteiger partial charge in [-0.25, -0.2) is 0 Å². The van der Waals surface area contributed by atoms with Gasteiger partial charge in [-0.1, -0.05) is 11.6 Å². The monoisotopic (exact) mass is 307 g/mol. The molecule has 2 N–H and O–H groups in total. The molecule has 6 nitrogen and oxygen atoms in total. The highest BCUT2D eigenvalue weighted by Crippen LogP contribution is 2.19. The molecular weight excluding hydrogens is 290 g/mol. The number of hydrogen-bond donors (Lipinski definition) is 1. The molecule has 21 heavy (non-hydrogen) atoms. The minimum absolute atomic E-state index is 0.173. The molecule has 0 aromatic carbocycles. The Labute approximate surface area is 128 Å². The van der Waals surface area contributed by atoms with Crippen LogP contribution >= 0.6 is 11.6 Å². The van der Waals surface area contributed by atoms with Gasteiger partial charge in [0.15, 0.2) is 0 Å². The van der Waals surface area contributed by atoms with Crippen LogP contribution in [0.5, 0.6) is 0 Å². The first-order chi connectivity index (χ1) is 10.0. The highest BCUT2D eigenvalue weighted by Gasteiger charge is 2.19. The van der Waals surface area contributed by atoms with E-state index in [1.165, 1.54) is 6.20 Å². The molecule has 0 bridgehead atoms. The van der Waals surface area contributed by atoms with Gasteiger partial charge in [0.2, 0.25) is 5.78 Å². The molecule has 0 fully saturated rings. The van der Waals surface area contributed by atoms with Crippen LogP contribution in [0.15, 0.2) is 24.5 Å². The number of carbonyl (C=O) groups excluding carboxylic acids is 1. The maximum Gasteiger partial charge on any atom is 0.212 e. The first kappa shape index (κ1) is 15.6. The van der Waals surface area contributed by atoms with E-state index >= 15 is 0 Å². The van der Waals surface area contributed by atoms with Crippen molar-refractivity contribution in [1.82, 2.24) is 19.7 Å². The number of nitrogens with zero attached hydrogens (tertiary/aromatic N) is 4. The van der Waals surface area contributed by atoms with Crippen molar-refractivity contribution in [3.8, 4) is 0 Å². The van der Waals surface area contributed by atoms with Crippen molar-refractivity contribution in [2.75, 3.05) is 20.6 Å². The topological polar surface area (TPSA) is 77.0 Å². The number of rotatable bonds is 6. The molecule has 0 amide bonds. The quantitative estimate of drug-likeness (QED) is 0.811. The molecule has 0 spiro atoms.